The molecule has 0 atom stereocenters. The van der Waals surface area contributed by atoms with Gasteiger partial charge in [0, 0.05) is 35.6 Å². The highest BCUT2D eigenvalue weighted by atomic mass is 16.4. The molecule has 5 aromatic rings. The van der Waals surface area contributed by atoms with Crippen LogP contribution in [-0.4, -0.2) is 35.6 Å². The lowest BCUT2D eigenvalue weighted by Crippen LogP contribution is -2.05. The van der Waals surface area contributed by atoms with Gasteiger partial charge in [-0.1, -0.05) is 12.1 Å². The molecule has 0 aliphatic rings. The third-order valence-corrected chi connectivity index (χ3v) is 5.46. The van der Waals surface area contributed by atoms with Crippen LogP contribution in [0.25, 0.3) is 17.0 Å². The molecule has 1 aromatic carbocycles. The van der Waals surface area contributed by atoms with Crippen molar-refractivity contribution in [1.29, 1.82) is 0 Å². The molecule has 0 aliphatic heterocycles. The Bertz CT molecular complexity index is 1520. The summed E-state index contributed by atoms with van der Waals surface area (Å²) in [6.45, 7) is 7.49. The van der Waals surface area contributed by atoms with E-state index in [0.717, 1.165) is 28.1 Å². The maximum Gasteiger partial charge on any atom is 0.247 e. The van der Waals surface area contributed by atoms with Gasteiger partial charge >= 0.3 is 0 Å². The molecule has 164 valence electrons. The number of anilines is 2. The molecule has 33 heavy (non-hydrogen) atoms. The Morgan fingerprint density at radius 2 is 1.91 bits per heavy atom. The Balaban J connectivity index is 1.56. The first-order valence-corrected chi connectivity index (χ1v) is 10.4. The number of fused-ring (bicyclic) bond motifs is 1. The van der Waals surface area contributed by atoms with Crippen LogP contribution in [0.3, 0.4) is 0 Å². The zero-order valence-electron chi connectivity index (χ0n) is 18.6. The van der Waals surface area contributed by atoms with E-state index in [1.807, 2.05) is 51.1 Å². The summed E-state index contributed by atoms with van der Waals surface area (Å²) in [6, 6.07) is 11.2. The van der Waals surface area contributed by atoms with E-state index < -0.39 is 0 Å². The van der Waals surface area contributed by atoms with Crippen LogP contribution in [0.1, 0.15) is 38.8 Å². The van der Waals surface area contributed by atoms with Crippen LogP contribution in [0.5, 0.6) is 0 Å². The molecule has 9 heteroatoms. The molecule has 9 nitrogen and oxygen atoms in total. The van der Waals surface area contributed by atoms with E-state index in [1.54, 1.807) is 23.7 Å². The van der Waals surface area contributed by atoms with Crippen LogP contribution < -0.4 is 5.32 Å². The van der Waals surface area contributed by atoms with E-state index in [1.165, 1.54) is 6.33 Å². The van der Waals surface area contributed by atoms with Gasteiger partial charge in [0.1, 0.15) is 17.5 Å². The van der Waals surface area contributed by atoms with Gasteiger partial charge in [0.2, 0.25) is 17.6 Å². The Morgan fingerprint density at radius 1 is 1.06 bits per heavy atom. The van der Waals surface area contributed by atoms with Crippen molar-refractivity contribution in [2.75, 3.05) is 5.32 Å². The fraction of sp³-hybridized carbons (Fsp3) is 0.167. The van der Waals surface area contributed by atoms with Crippen molar-refractivity contribution in [3.05, 3.63) is 82.9 Å². The average Bonchev–Trinajstić information content (AvgIpc) is 3.38. The first kappa shape index (κ1) is 20.5. The van der Waals surface area contributed by atoms with Crippen molar-refractivity contribution in [1.82, 2.24) is 29.8 Å². The van der Waals surface area contributed by atoms with Gasteiger partial charge in [-0.3, -0.25) is 4.79 Å². The third kappa shape index (κ3) is 3.73. The molecule has 1 N–H and O–H groups in total. The molecule has 4 heterocycles. The quantitative estimate of drug-likeness (QED) is 0.402. The summed E-state index contributed by atoms with van der Waals surface area (Å²) in [5, 5.41) is 15.7. The van der Waals surface area contributed by atoms with Gasteiger partial charge < -0.3 is 9.73 Å². The first-order valence-electron chi connectivity index (χ1n) is 10.4. The minimum atomic E-state index is -0.155. The summed E-state index contributed by atoms with van der Waals surface area (Å²) >= 11 is 0. The van der Waals surface area contributed by atoms with Crippen molar-refractivity contribution in [3.63, 3.8) is 0 Å². The van der Waals surface area contributed by atoms with Crippen LogP contribution in [0.15, 0.2) is 53.3 Å². The largest absolute Gasteiger partial charge is 0.421 e. The maximum absolute atomic E-state index is 13.1. The highest BCUT2D eigenvalue weighted by molar-refractivity contribution is 6.10. The fourth-order valence-electron chi connectivity index (χ4n) is 3.72. The lowest BCUT2D eigenvalue weighted by Gasteiger charge is -2.11. The Labute approximate surface area is 189 Å². The number of aromatic nitrogens is 6. The SMILES string of the molecule is Cc1cccc(C(=O)c2cn3ncnc(Nc4cc(-c5nnc(C)o5)ccc4C)c3c2C)n1. The molecule has 0 aliphatic carbocycles. The van der Waals surface area contributed by atoms with Gasteiger partial charge in [-0.05, 0) is 56.2 Å². The molecule has 0 saturated heterocycles. The predicted octanol–water partition coefficient (Wildman–Crippen LogP) is 4.38. The van der Waals surface area contributed by atoms with Crippen molar-refractivity contribution in [3.8, 4) is 11.5 Å². The number of hydrogen-bond acceptors (Lipinski definition) is 8. The van der Waals surface area contributed by atoms with E-state index in [2.05, 4.69) is 30.6 Å². The molecule has 0 amide bonds. The van der Waals surface area contributed by atoms with E-state index in [0.29, 0.717) is 34.4 Å². The van der Waals surface area contributed by atoms with Gasteiger partial charge in [-0.25, -0.2) is 14.5 Å². The molecule has 5 rings (SSSR count). The number of nitrogens with zero attached hydrogens (tertiary/aromatic N) is 6. The third-order valence-electron chi connectivity index (χ3n) is 5.46. The Hall–Kier alpha value is -4.40. The predicted molar refractivity (Wildman–Crippen MR) is 123 cm³/mol. The Kier molecular flexibility index (Phi) is 4.93. The summed E-state index contributed by atoms with van der Waals surface area (Å²) in [6.07, 6.45) is 3.17. The molecular weight excluding hydrogens is 418 g/mol. The number of carbonyl (C=O) groups is 1. The highest BCUT2D eigenvalue weighted by Gasteiger charge is 2.20. The smallest absolute Gasteiger partial charge is 0.247 e. The van der Waals surface area contributed by atoms with Crippen molar-refractivity contribution in [2.45, 2.75) is 27.7 Å². The van der Waals surface area contributed by atoms with E-state index in [9.17, 15) is 4.79 Å². The van der Waals surface area contributed by atoms with Gasteiger partial charge in [0.15, 0.2) is 5.82 Å². The number of benzene rings is 1. The van der Waals surface area contributed by atoms with E-state index in [-0.39, 0.29) is 5.78 Å². The number of nitrogens with one attached hydrogen (secondary N) is 1. The van der Waals surface area contributed by atoms with Gasteiger partial charge in [-0.2, -0.15) is 5.10 Å². The minimum Gasteiger partial charge on any atom is -0.421 e. The molecule has 0 spiro atoms. The molecule has 0 radical (unpaired) electrons. The van der Waals surface area contributed by atoms with Gasteiger partial charge in [0.25, 0.3) is 0 Å². The van der Waals surface area contributed by atoms with Crippen LogP contribution >= 0.6 is 0 Å². The maximum atomic E-state index is 13.1. The second kappa shape index (κ2) is 7.94. The number of carbonyl (C=O) groups excluding carboxylic acids is 1. The monoisotopic (exact) mass is 439 g/mol. The minimum absolute atomic E-state index is 0.155. The van der Waals surface area contributed by atoms with Gasteiger partial charge in [-0.15, -0.1) is 10.2 Å². The zero-order valence-corrected chi connectivity index (χ0v) is 18.6. The normalized spacial score (nSPS) is 11.2. The van der Waals surface area contributed by atoms with Crippen LogP contribution in [0.4, 0.5) is 11.5 Å². The summed E-state index contributed by atoms with van der Waals surface area (Å²) in [7, 11) is 0. The molecular formula is C24H21N7O2. The number of ketones is 1. The summed E-state index contributed by atoms with van der Waals surface area (Å²) < 4.78 is 7.22. The lowest BCUT2D eigenvalue weighted by atomic mass is 10.1. The lowest BCUT2D eigenvalue weighted by molar-refractivity contribution is 0.103. The molecule has 4 aromatic heterocycles. The van der Waals surface area contributed by atoms with E-state index in [4.69, 9.17) is 4.42 Å². The molecule has 0 fully saturated rings. The first-order chi connectivity index (χ1) is 15.9. The van der Waals surface area contributed by atoms with Gasteiger partial charge in [0.05, 0.1) is 0 Å². The van der Waals surface area contributed by atoms with Crippen LogP contribution in [-0.2, 0) is 0 Å². The summed E-state index contributed by atoms with van der Waals surface area (Å²) in [5.74, 6) is 1.38. The molecule has 0 unspecified atom stereocenters. The van der Waals surface area contributed by atoms with E-state index >= 15 is 0 Å². The van der Waals surface area contributed by atoms with Crippen LogP contribution in [0, 0.1) is 27.7 Å². The number of aryl methyl sites for hydroxylation is 4. The second-order valence-corrected chi connectivity index (χ2v) is 7.84. The summed E-state index contributed by atoms with van der Waals surface area (Å²) in [4.78, 5) is 22.0. The fourth-order valence-corrected chi connectivity index (χ4v) is 3.72. The number of hydrogen-bond donors (Lipinski definition) is 1. The van der Waals surface area contributed by atoms with Crippen molar-refractivity contribution in [2.24, 2.45) is 0 Å². The molecule has 0 saturated carbocycles. The average molecular weight is 439 g/mol. The highest BCUT2D eigenvalue weighted by Crippen LogP contribution is 2.30. The van der Waals surface area contributed by atoms with Crippen molar-refractivity contribution >= 4 is 22.8 Å². The number of rotatable bonds is 5. The number of pyridine rings is 1. The Morgan fingerprint density at radius 3 is 2.67 bits per heavy atom. The topological polar surface area (TPSA) is 111 Å². The van der Waals surface area contributed by atoms with Crippen molar-refractivity contribution < 1.29 is 9.21 Å². The molecule has 0 bridgehead atoms. The second-order valence-electron chi connectivity index (χ2n) is 7.84. The van der Waals surface area contributed by atoms with Crippen LogP contribution in [0.2, 0.25) is 0 Å². The standard InChI is InChI=1S/C24H21N7O2/c1-13-8-9-17(24-30-29-16(4)33-24)10-20(13)28-23-21-15(3)18(11-31(21)26-12-25-23)22(32)19-7-5-6-14(2)27-19/h5-12H,1-4H3,(H,25,26,28). The zero-order chi connectivity index (χ0) is 23.1. The summed E-state index contributed by atoms with van der Waals surface area (Å²) in [5.41, 5.74) is 5.84.